The van der Waals surface area contributed by atoms with Crippen LogP contribution >= 0.6 is 0 Å². The summed E-state index contributed by atoms with van der Waals surface area (Å²) in [6.07, 6.45) is 0. The predicted molar refractivity (Wildman–Crippen MR) is 70.0 cm³/mol. The van der Waals surface area contributed by atoms with E-state index >= 15 is 0 Å². The Balaban J connectivity index is 2.40. The molecule has 1 aromatic carbocycles. The number of hydrogen-bond acceptors (Lipinski definition) is 4. The van der Waals surface area contributed by atoms with E-state index in [9.17, 15) is 0 Å². The van der Waals surface area contributed by atoms with E-state index in [4.69, 9.17) is 10.00 Å². The molecule has 1 aromatic heterocycles. The Morgan fingerprint density at radius 1 is 1.22 bits per heavy atom. The highest BCUT2D eigenvalue weighted by Gasteiger charge is 2.07. The van der Waals surface area contributed by atoms with E-state index in [-0.39, 0.29) is 0 Å². The van der Waals surface area contributed by atoms with Crippen LogP contribution < -0.4 is 10.1 Å². The van der Waals surface area contributed by atoms with Gasteiger partial charge in [-0.2, -0.15) is 5.26 Å². The maximum atomic E-state index is 9.05. The minimum absolute atomic E-state index is 0.506. The average molecular weight is 239 g/mol. The van der Waals surface area contributed by atoms with E-state index in [0.717, 1.165) is 11.4 Å². The number of anilines is 2. The number of aryl methyl sites for hydroxylation is 1. The van der Waals surface area contributed by atoms with Crippen LogP contribution in [0, 0.1) is 18.3 Å². The van der Waals surface area contributed by atoms with E-state index in [2.05, 4.69) is 16.4 Å². The van der Waals surface area contributed by atoms with E-state index in [1.165, 1.54) is 0 Å². The van der Waals surface area contributed by atoms with Gasteiger partial charge in [0.1, 0.15) is 17.6 Å². The highest BCUT2D eigenvalue weighted by molar-refractivity contribution is 5.67. The Kier molecular flexibility index (Phi) is 3.44. The first-order valence-corrected chi connectivity index (χ1v) is 5.52. The second-order valence-electron chi connectivity index (χ2n) is 3.79. The number of benzene rings is 1. The highest BCUT2D eigenvalue weighted by atomic mass is 16.5. The maximum Gasteiger partial charge on any atom is 0.148 e. The standard InChI is InChI=1S/C14H13N3O/c1-10-7-8-11(9-15)14(16-10)17-12-5-3-4-6-13(12)18-2/h3-8H,1-2H3,(H,16,17). The second-order valence-corrected chi connectivity index (χ2v) is 3.79. The van der Waals surface area contributed by atoms with Gasteiger partial charge < -0.3 is 10.1 Å². The third-order valence-corrected chi connectivity index (χ3v) is 2.51. The SMILES string of the molecule is COc1ccccc1Nc1nc(C)ccc1C#N. The van der Waals surface area contributed by atoms with Crippen molar-refractivity contribution in [1.29, 1.82) is 5.26 Å². The lowest BCUT2D eigenvalue weighted by Crippen LogP contribution is -2.00. The van der Waals surface area contributed by atoms with Gasteiger partial charge in [0.05, 0.1) is 18.4 Å². The van der Waals surface area contributed by atoms with Gasteiger partial charge >= 0.3 is 0 Å². The summed E-state index contributed by atoms with van der Waals surface area (Å²) in [4.78, 5) is 4.33. The Labute approximate surface area is 106 Å². The van der Waals surface area contributed by atoms with Crippen molar-refractivity contribution in [2.45, 2.75) is 6.92 Å². The lowest BCUT2D eigenvalue weighted by Gasteiger charge is -2.11. The molecule has 1 heterocycles. The van der Waals surface area contributed by atoms with E-state index < -0.39 is 0 Å². The molecule has 0 radical (unpaired) electrons. The van der Waals surface area contributed by atoms with Crippen LogP contribution in [0.4, 0.5) is 11.5 Å². The molecule has 0 saturated heterocycles. The molecule has 0 aliphatic carbocycles. The van der Waals surface area contributed by atoms with Crippen molar-refractivity contribution in [3.8, 4) is 11.8 Å². The minimum Gasteiger partial charge on any atom is -0.495 e. The number of nitrogens with zero attached hydrogens (tertiary/aromatic N) is 2. The van der Waals surface area contributed by atoms with Crippen LogP contribution in [0.15, 0.2) is 36.4 Å². The van der Waals surface area contributed by atoms with Crippen molar-refractivity contribution in [3.05, 3.63) is 47.7 Å². The molecule has 0 atom stereocenters. The van der Waals surface area contributed by atoms with Gasteiger partial charge in [-0.25, -0.2) is 4.98 Å². The number of aromatic nitrogens is 1. The van der Waals surface area contributed by atoms with Gasteiger partial charge in [-0.3, -0.25) is 0 Å². The Morgan fingerprint density at radius 3 is 2.72 bits per heavy atom. The van der Waals surface area contributed by atoms with Gasteiger partial charge in [0, 0.05) is 5.69 Å². The number of hydrogen-bond donors (Lipinski definition) is 1. The summed E-state index contributed by atoms with van der Waals surface area (Å²) in [5.74, 6) is 1.26. The molecular formula is C14H13N3O. The van der Waals surface area contributed by atoms with Crippen LogP contribution in [0.1, 0.15) is 11.3 Å². The van der Waals surface area contributed by atoms with E-state index in [1.54, 1.807) is 13.2 Å². The number of nitriles is 1. The van der Waals surface area contributed by atoms with Crippen molar-refractivity contribution < 1.29 is 4.74 Å². The fourth-order valence-electron chi connectivity index (χ4n) is 1.62. The normalized spacial score (nSPS) is 9.61. The molecule has 0 aliphatic heterocycles. The summed E-state index contributed by atoms with van der Waals surface area (Å²) in [5.41, 5.74) is 2.15. The molecule has 0 spiro atoms. The summed E-state index contributed by atoms with van der Waals surface area (Å²) in [5, 5.41) is 12.2. The van der Waals surface area contributed by atoms with Crippen LogP contribution in [-0.4, -0.2) is 12.1 Å². The van der Waals surface area contributed by atoms with Crippen LogP contribution in [0.3, 0.4) is 0 Å². The number of nitrogens with one attached hydrogen (secondary N) is 1. The smallest absolute Gasteiger partial charge is 0.148 e. The molecule has 2 aromatic rings. The topological polar surface area (TPSA) is 57.9 Å². The number of methoxy groups -OCH3 is 1. The van der Waals surface area contributed by atoms with Crippen molar-refractivity contribution in [2.24, 2.45) is 0 Å². The van der Waals surface area contributed by atoms with Crippen LogP contribution in [-0.2, 0) is 0 Å². The summed E-state index contributed by atoms with van der Waals surface area (Å²) in [6.45, 7) is 1.88. The number of pyridine rings is 1. The molecule has 0 fully saturated rings. The number of rotatable bonds is 3. The van der Waals surface area contributed by atoms with Crippen LogP contribution in [0.2, 0.25) is 0 Å². The summed E-state index contributed by atoms with van der Waals surface area (Å²) in [7, 11) is 1.61. The molecule has 0 aliphatic rings. The third kappa shape index (κ3) is 2.41. The van der Waals surface area contributed by atoms with Crippen molar-refractivity contribution in [2.75, 3.05) is 12.4 Å². The summed E-state index contributed by atoms with van der Waals surface area (Å²) < 4.78 is 5.25. The molecule has 18 heavy (non-hydrogen) atoms. The Hall–Kier alpha value is -2.54. The van der Waals surface area contributed by atoms with Gasteiger partial charge in [-0.15, -0.1) is 0 Å². The fourth-order valence-corrected chi connectivity index (χ4v) is 1.62. The quantitative estimate of drug-likeness (QED) is 0.894. The summed E-state index contributed by atoms with van der Waals surface area (Å²) in [6, 6.07) is 13.2. The van der Waals surface area contributed by atoms with Crippen LogP contribution in [0.5, 0.6) is 5.75 Å². The predicted octanol–water partition coefficient (Wildman–Crippen LogP) is 3.01. The van der Waals surface area contributed by atoms with Crippen molar-refractivity contribution >= 4 is 11.5 Å². The largest absolute Gasteiger partial charge is 0.495 e. The van der Waals surface area contributed by atoms with Crippen molar-refractivity contribution in [1.82, 2.24) is 4.98 Å². The lowest BCUT2D eigenvalue weighted by molar-refractivity contribution is 0.417. The fraction of sp³-hybridized carbons (Fsp3) is 0.143. The molecule has 0 amide bonds. The molecule has 90 valence electrons. The zero-order valence-electron chi connectivity index (χ0n) is 10.3. The zero-order valence-corrected chi connectivity index (χ0v) is 10.3. The molecular weight excluding hydrogens is 226 g/mol. The van der Waals surface area contributed by atoms with Crippen molar-refractivity contribution in [3.63, 3.8) is 0 Å². The monoisotopic (exact) mass is 239 g/mol. The van der Waals surface area contributed by atoms with Gasteiger partial charge in [0.15, 0.2) is 0 Å². The molecule has 1 N–H and O–H groups in total. The minimum atomic E-state index is 0.506. The Bertz CT molecular complexity index is 602. The second kappa shape index (κ2) is 5.19. The number of ether oxygens (including phenoxy) is 1. The maximum absolute atomic E-state index is 9.05. The van der Waals surface area contributed by atoms with Gasteiger partial charge in [0.2, 0.25) is 0 Å². The first-order chi connectivity index (χ1) is 8.74. The van der Waals surface area contributed by atoms with Crippen LogP contribution in [0.25, 0.3) is 0 Å². The molecule has 4 heteroatoms. The van der Waals surface area contributed by atoms with Gasteiger partial charge in [0.25, 0.3) is 0 Å². The first-order valence-electron chi connectivity index (χ1n) is 5.52. The average Bonchev–Trinajstić information content (AvgIpc) is 2.40. The molecule has 0 saturated carbocycles. The van der Waals surface area contributed by atoms with E-state index in [1.807, 2.05) is 37.3 Å². The van der Waals surface area contributed by atoms with E-state index in [0.29, 0.717) is 17.1 Å². The molecule has 0 unspecified atom stereocenters. The highest BCUT2D eigenvalue weighted by Crippen LogP contribution is 2.27. The first kappa shape index (κ1) is 11.9. The molecule has 0 bridgehead atoms. The third-order valence-electron chi connectivity index (χ3n) is 2.51. The molecule has 2 rings (SSSR count). The summed E-state index contributed by atoms with van der Waals surface area (Å²) >= 11 is 0. The number of para-hydroxylation sites is 2. The lowest BCUT2D eigenvalue weighted by atomic mass is 10.2. The zero-order chi connectivity index (χ0) is 13.0. The molecule has 4 nitrogen and oxygen atoms in total. The van der Waals surface area contributed by atoms with Gasteiger partial charge in [-0.1, -0.05) is 12.1 Å². The van der Waals surface area contributed by atoms with Gasteiger partial charge in [-0.05, 0) is 31.2 Å². The Morgan fingerprint density at radius 2 is 2.00 bits per heavy atom.